The van der Waals surface area contributed by atoms with Crippen molar-refractivity contribution in [1.82, 2.24) is 15.2 Å². The van der Waals surface area contributed by atoms with Crippen molar-refractivity contribution < 1.29 is 9.13 Å². The summed E-state index contributed by atoms with van der Waals surface area (Å²) in [5.41, 5.74) is 1.69. The van der Waals surface area contributed by atoms with Crippen LogP contribution in [0.15, 0.2) is 34.6 Å². The van der Waals surface area contributed by atoms with Crippen LogP contribution >= 0.6 is 11.3 Å². The van der Waals surface area contributed by atoms with E-state index in [0.717, 1.165) is 22.2 Å². The number of guanidine groups is 1. The van der Waals surface area contributed by atoms with Gasteiger partial charge in [0.15, 0.2) is 5.96 Å². The zero-order valence-electron chi connectivity index (χ0n) is 16.9. The van der Waals surface area contributed by atoms with Crippen LogP contribution in [0.1, 0.15) is 43.1 Å². The fourth-order valence-corrected chi connectivity index (χ4v) is 3.54. The second kappa shape index (κ2) is 9.28. The predicted octanol–water partition coefficient (Wildman–Crippen LogP) is 3.97. The van der Waals surface area contributed by atoms with Gasteiger partial charge in [0, 0.05) is 38.5 Å². The minimum atomic E-state index is -0.236. The molecule has 2 rings (SSSR count). The van der Waals surface area contributed by atoms with E-state index >= 15 is 0 Å². The lowest BCUT2D eigenvalue weighted by molar-refractivity contribution is 0.119. The van der Waals surface area contributed by atoms with Crippen LogP contribution < -0.4 is 5.32 Å². The molecule has 5 nitrogen and oxygen atoms in total. The molecule has 1 unspecified atom stereocenters. The highest BCUT2D eigenvalue weighted by Crippen LogP contribution is 2.23. The maximum atomic E-state index is 13.6. The summed E-state index contributed by atoms with van der Waals surface area (Å²) in [6.07, 6.45) is -0.00133. The molecule has 0 saturated heterocycles. The lowest BCUT2D eigenvalue weighted by Gasteiger charge is -2.29. The standard InChI is InChI=1S/C20H29FN4OS/c1-14(26-6)18-24-17(12-27-18)11-25(5)19(22-4)23-13-20(2,3)15-8-7-9-16(21)10-15/h7-10,12,14H,11,13H2,1-6H3,(H,22,23). The highest BCUT2D eigenvalue weighted by Gasteiger charge is 2.22. The van der Waals surface area contributed by atoms with Crippen LogP contribution in [0.5, 0.6) is 0 Å². The summed E-state index contributed by atoms with van der Waals surface area (Å²) in [7, 11) is 5.42. The lowest BCUT2D eigenvalue weighted by Crippen LogP contribution is -2.44. The van der Waals surface area contributed by atoms with Gasteiger partial charge in [-0.15, -0.1) is 11.3 Å². The second-order valence-corrected chi connectivity index (χ2v) is 8.10. The summed E-state index contributed by atoms with van der Waals surface area (Å²) >= 11 is 1.60. The highest BCUT2D eigenvalue weighted by atomic mass is 32.1. The fraction of sp³-hybridized carbons (Fsp3) is 0.500. The van der Waals surface area contributed by atoms with Crippen LogP contribution in [0.25, 0.3) is 0 Å². The topological polar surface area (TPSA) is 49.8 Å². The Balaban J connectivity index is 1.99. The Morgan fingerprint density at radius 3 is 2.81 bits per heavy atom. The molecule has 2 aromatic rings. The van der Waals surface area contributed by atoms with E-state index in [1.54, 1.807) is 37.6 Å². The Kier molecular flexibility index (Phi) is 7.33. The van der Waals surface area contributed by atoms with Crippen LogP contribution in [0.3, 0.4) is 0 Å². The number of aliphatic imine (C=N–C) groups is 1. The molecule has 0 amide bonds. The zero-order valence-corrected chi connectivity index (χ0v) is 17.7. The smallest absolute Gasteiger partial charge is 0.193 e. The summed E-state index contributed by atoms with van der Waals surface area (Å²) in [6, 6.07) is 6.74. The molecular formula is C20H29FN4OS. The third-order valence-electron chi connectivity index (χ3n) is 4.54. The van der Waals surface area contributed by atoms with E-state index in [0.29, 0.717) is 13.1 Å². The van der Waals surface area contributed by atoms with Crippen molar-refractivity contribution in [3.63, 3.8) is 0 Å². The van der Waals surface area contributed by atoms with Gasteiger partial charge in [-0.05, 0) is 24.6 Å². The number of halogens is 1. The Labute approximate surface area is 165 Å². The third-order valence-corrected chi connectivity index (χ3v) is 5.59. The van der Waals surface area contributed by atoms with E-state index in [-0.39, 0.29) is 17.3 Å². The SMILES string of the molecule is CN=C(NCC(C)(C)c1cccc(F)c1)N(C)Cc1csc(C(C)OC)n1. The van der Waals surface area contributed by atoms with Gasteiger partial charge >= 0.3 is 0 Å². The van der Waals surface area contributed by atoms with Gasteiger partial charge in [0.05, 0.1) is 12.2 Å². The molecule has 7 heteroatoms. The van der Waals surface area contributed by atoms with Gasteiger partial charge in [0.1, 0.15) is 16.9 Å². The van der Waals surface area contributed by atoms with Gasteiger partial charge in [-0.3, -0.25) is 4.99 Å². The number of methoxy groups -OCH3 is 1. The van der Waals surface area contributed by atoms with E-state index in [9.17, 15) is 4.39 Å². The first-order valence-electron chi connectivity index (χ1n) is 8.91. The summed E-state index contributed by atoms with van der Waals surface area (Å²) < 4.78 is 18.9. The van der Waals surface area contributed by atoms with E-state index < -0.39 is 0 Å². The van der Waals surface area contributed by atoms with Crippen LogP contribution in [0.2, 0.25) is 0 Å². The molecule has 1 atom stereocenters. The fourth-order valence-electron chi connectivity index (χ4n) is 2.70. The minimum absolute atomic E-state index is 0.00133. The number of rotatable bonds is 7. The summed E-state index contributed by atoms with van der Waals surface area (Å²) in [4.78, 5) is 11.0. The number of thiazole rings is 1. The molecular weight excluding hydrogens is 363 g/mol. The van der Waals surface area contributed by atoms with Crippen LogP contribution in [0, 0.1) is 5.82 Å². The third kappa shape index (κ3) is 5.74. The number of hydrogen-bond donors (Lipinski definition) is 1. The summed E-state index contributed by atoms with van der Waals surface area (Å²) in [5.74, 6) is 0.556. The molecule has 0 fully saturated rings. The molecule has 148 valence electrons. The molecule has 0 saturated carbocycles. The Hall–Kier alpha value is -1.99. The van der Waals surface area contributed by atoms with Crippen molar-refractivity contribution in [2.75, 3.05) is 27.7 Å². The van der Waals surface area contributed by atoms with Crippen molar-refractivity contribution in [3.05, 3.63) is 51.7 Å². The van der Waals surface area contributed by atoms with Crippen LogP contribution in [0.4, 0.5) is 4.39 Å². The van der Waals surface area contributed by atoms with E-state index in [1.165, 1.54) is 6.07 Å². The molecule has 0 aliphatic rings. The van der Waals surface area contributed by atoms with Gasteiger partial charge in [0.25, 0.3) is 0 Å². The van der Waals surface area contributed by atoms with Crippen molar-refractivity contribution in [2.45, 2.75) is 38.8 Å². The number of nitrogens with one attached hydrogen (secondary N) is 1. The normalized spacial score (nSPS) is 13.5. The average molecular weight is 393 g/mol. The largest absolute Gasteiger partial charge is 0.375 e. The predicted molar refractivity (Wildman–Crippen MR) is 110 cm³/mol. The highest BCUT2D eigenvalue weighted by molar-refractivity contribution is 7.09. The van der Waals surface area contributed by atoms with Gasteiger partial charge in [-0.2, -0.15) is 0 Å². The number of ether oxygens (including phenoxy) is 1. The first kappa shape index (κ1) is 21.3. The van der Waals surface area contributed by atoms with Crippen molar-refractivity contribution >= 4 is 17.3 Å². The molecule has 0 aliphatic carbocycles. The molecule has 0 radical (unpaired) electrons. The summed E-state index contributed by atoms with van der Waals surface area (Å²) in [6.45, 7) is 7.44. The first-order chi connectivity index (χ1) is 12.8. The van der Waals surface area contributed by atoms with Crippen molar-refractivity contribution in [3.8, 4) is 0 Å². The second-order valence-electron chi connectivity index (χ2n) is 7.21. The van der Waals surface area contributed by atoms with Crippen LogP contribution in [-0.2, 0) is 16.7 Å². The number of nitrogens with zero attached hydrogens (tertiary/aromatic N) is 3. The number of aromatic nitrogens is 1. The number of benzene rings is 1. The molecule has 1 heterocycles. The molecule has 1 N–H and O–H groups in total. The Morgan fingerprint density at radius 1 is 1.44 bits per heavy atom. The quantitative estimate of drug-likeness (QED) is 0.572. The van der Waals surface area contributed by atoms with Gasteiger partial charge in [0.2, 0.25) is 0 Å². The number of hydrogen-bond acceptors (Lipinski definition) is 4. The molecule has 0 aliphatic heterocycles. The van der Waals surface area contributed by atoms with Crippen LogP contribution in [-0.4, -0.2) is 43.6 Å². The van der Waals surface area contributed by atoms with Gasteiger partial charge in [-0.1, -0.05) is 26.0 Å². The maximum Gasteiger partial charge on any atom is 0.193 e. The summed E-state index contributed by atoms with van der Waals surface area (Å²) in [5, 5.41) is 6.41. The van der Waals surface area contributed by atoms with Gasteiger partial charge < -0.3 is 15.0 Å². The minimum Gasteiger partial charge on any atom is -0.375 e. The molecule has 27 heavy (non-hydrogen) atoms. The first-order valence-corrected chi connectivity index (χ1v) is 9.79. The molecule has 1 aromatic carbocycles. The maximum absolute atomic E-state index is 13.6. The average Bonchev–Trinajstić information content (AvgIpc) is 3.10. The molecule has 0 bridgehead atoms. The van der Waals surface area contributed by atoms with E-state index in [1.807, 2.05) is 30.3 Å². The molecule has 0 spiro atoms. The Morgan fingerprint density at radius 2 is 2.19 bits per heavy atom. The van der Waals surface area contributed by atoms with Crippen molar-refractivity contribution in [2.24, 2.45) is 4.99 Å². The van der Waals surface area contributed by atoms with E-state index in [2.05, 4.69) is 29.1 Å². The lowest BCUT2D eigenvalue weighted by atomic mass is 9.84. The van der Waals surface area contributed by atoms with E-state index in [4.69, 9.17) is 4.74 Å². The molecule has 1 aromatic heterocycles. The Bertz CT molecular complexity index is 775. The monoisotopic (exact) mass is 392 g/mol. The zero-order chi connectivity index (χ0) is 20.0. The van der Waals surface area contributed by atoms with Gasteiger partial charge in [-0.25, -0.2) is 9.37 Å². The van der Waals surface area contributed by atoms with Crippen molar-refractivity contribution in [1.29, 1.82) is 0 Å².